The van der Waals surface area contributed by atoms with Crippen LogP contribution in [0.25, 0.3) is 56.6 Å². The quantitative estimate of drug-likeness (QED) is 0.137. The Labute approximate surface area is 426 Å². The molecule has 68 heavy (non-hydrogen) atoms. The number of hydrogen-bond donors (Lipinski definition) is 1. The molecule has 346 valence electrons. The monoisotopic (exact) mass is 1080 g/mol. The maximum Gasteiger partial charge on any atom is 0.338 e. The van der Waals surface area contributed by atoms with Crippen molar-refractivity contribution < 1.29 is 39.1 Å². The Hall–Kier alpha value is -6.17. The smallest absolute Gasteiger partial charge is 0.338 e. The van der Waals surface area contributed by atoms with Gasteiger partial charge in [-0.15, -0.1) is 17.7 Å². The summed E-state index contributed by atoms with van der Waals surface area (Å²) in [6.07, 6.45) is 7.48. The van der Waals surface area contributed by atoms with Crippen molar-refractivity contribution >= 4 is 24.0 Å². The first kappa shape index (κ1) is 39.8. The SMILES string of the molecule is [2H]C1=C2C=CC=C3Oc4c([c-]c(-c5cc(-c6ccccc6)ccn5)cc4C(C)(C)C)B(c4nc(-c5cc(C(C)(C)C)cc(C(C)(C)C)c5O)n(-c5ccc(C(C)(C)C)cc5-c5c([2H])c([2H])c([2H])c([2H])c5[2H])c41)N32.[Pt]. The second-order valence-electron chi connectivity index (χ2n) is 22.0. The number of benzene rings is 5. The maximum absolute atomic E-state index is 12.8. The van der Waals surface area contributed by atoms with Gasteiger partial charge in [-0.05, 0) is 97.6 Å². The first-order chi connectivity index (χ1) is 34.2. The molecular weight excluding hydrogens is 1010 g/mol. The number of imidazole rings is 1. The Morgan fingerprint density at radius 1 is 0.706 bits per heavy atom. The third kappa shape index (κ3) is 8.21. The molecule has 5 aromatic carbocycles. The van der Waals surface area contributed by atoms with Crippen molar-refractivity contribution in [1.82, 2.24) is 19.3 Å². The van der Waals surface area contributed by atoms with E-state index < -0.39 is 41.2 Å². The van der Waals surface area contributed by atoms with E-state index in [0.29, 0.717) is 62.3 Å². The fraction of sp³-hybridized carbons (Fsp3) is 0.267. The number of ether oxygens (including phenoxy) is 1. The molecule has 0 aliphatic carbocycles. The molecule has 10 rings (SSSR count). The van der Waals surface area contributed by atoms with E-state index in [-0.39, 0.29) is 55.9 Å². The van der Waals surface area contributed by atoms with Gasteiger partial charge in [-0.2, -0.15) is 0 Å². The van der Waals surface area contributed by atoms with Crippen molar-refractivity contribution in [1.29, 1.82) is 0 Å². The molecule has 0 saturated carbocycles. The average Bonchev–Trinajstić information content (AvgIpc) is 3.73. The molecule has 0 fully saturated rings. The molecule has 0 spiro atoms. The van der Waals surface area contributed by atoms with E-state index in [4.69, 9.17) is 18.8 Å². The van der Waals surface area contributed by atoms with Gasteiger partial charge >= 0.3 is 6.85 Å². The van der Waals surface area contributed by atoms with E-state index in [1.807, 2.05) is 82.3 Å². The first-order valence-corrected chi connectivity index (χ1v) is 23.1. The Morgan fingerprint density at radius 2 is 1.40 bits per heavy atom. The Balaban J connectivity index is 0.00000672. The minimum Gasteiger partial charge on any atom is -0.507 e. The molecule has 8 heteroatoms. The van der Waals surface area contributed by atoms with Crippen molar-refractivity contribution in [3.05, 3.63) is 179 Å². The van der Waals surface area contributed by atoms with Crippen LogP contribution >= 0.6 is 0 Å². The molecular formula is C60H60BN4O2Pt-. The van der Waals surface area contributed by atoms with E-state index in [1.54, 1.807) is 0 Å². The summed E-state index contributed by atoms with van der Waals surface area (Å²) in [5.41, 5.74) is 8.54. The number of fused-ring (bicyclic) bond motifs is 4. The van der Waals surface area contributed by atoms with Gasteiger partial charge in [0.2, 0.25) is 0 Å². The number of nitrogens with zero attached hydrogens (tertiary/aromatic N) is 4. The van der Waals surface area contributed by atoms with E-state index in [2.05, 4.69) is 119 Å². The Morgan fingerprint density at radius 3 is 2.07 bits per heavy atom. The predicted octanol–water partition coefficient (Wildman–Crippen LogP) is 13.2. The molecule has 0 unspecified atom stereocenters. The van der Waals surface area contributed by atoms with E-state index >= 15 is 0 Å². The van der Waals surface area contributed by atoms with Crippen LogP contribution in [0.15, 0.2) is 145 Å². The van der Waals surface area contributed by atoms with Gasteiger partial charge in [0.05, 0.1) is 30.8 Å². The normalized spacial score (nSPS) is 15.7. The summed E-state index contributed by atoms with van der Waals surface area (Å²) in [6.45, 7) is 24.5. The summed E-state index contributed by atoms with van der Waals surface area (Å²) < 4.78 is 64.3. The third-order valence-electron chi connectivity index (χ3n) is 13.0. The second kappa shape index (κ2) is 16.8. The van der Waals surface area contributed by atoms with Gasteiger partial charge in [0.25, 0.3) is 0 Å². The molecule has 5 heterocycles. The molecule has 0 amide bonds. The summed E-state index contributed by atoms with van der Waals surface area (Å²) in [5, 5.41) is 12.8. The summed E-state index contributed by atoms with van der Waals surface area (Å²) in [4.78, 5) is 12.6. The van der Waals surface area contributed by atoms with Gasteiger partial charge < -0.3 is 19.6 Å². The van der Waals surface area contributed by atoms with Crippen LogP contribution in [0.5, 0.6) is 11.5 Å². The second-order valence-corrected chi connectivity index (χ2v) is 22.0. The van der Waals surface area contributed by atoms with Crippen molar-refractivity contribution in [3.8, 4) is 62.1 Å². The average molecular weight is 1080 g/mol. The molecule has 3 aliphatic heterocycles. The summed E-state index contributed by atoms with van der Waals surface area (Å²) in [6, 6.07) is 28.0. The van der Waals surface area contributed by atoms with Crippen molar-refractivity contribution in [2.75, 3.05) is 0 Å². The third-order valence-corrected chi connectivity index (χ3v) is 13.0. The van der Waals surface area contributed by atoms with Crippen LogP contribution in [-0.4, -0.2) is 31.3 Å². The fourth-order valence-electron chi connectivity index (χ4n) is 9.30. The van der Waals surface area contributed by atoms with Gasteiger partial charge in [-0.25, -0.2) is 4.98 Å². The number of aromatic hydroxyl groups is 1. The maximum atomic E-state index is 12.8. The van der Waals surface area contributed by atoms with Gasteiger partial charge in [0.1, 0.15) is 11.6 Å². The molecule has 1 N–H and O–H groups in total. The largest absolute Gasteiger partial charge is 0.507 e. The molecule has 7 aromatic rings. The van der Waals surface area contributed by atoms with Crippen LogP contribution in [0.2, 0.25) is 0 Å². The molecule has 0 bridgehead atoms. The number of allylic oxidation sites excluding steroid dienone is 3. The molecule has 6 nitrogen and oxygen atoms in total. The molecule has 0 radical (unpaired) electrons. The van der Waals surface area contributed by atoms with Gasteiger partial charge in [-0.3, -0.25) is 4.57 Å². The number of phenolic OH excluding ortho intramolecular Hbond substituents is 1. The van der Waals surface area contributed by atoms with Crippen LogP contribution in [0, 0.1) is 6.07 Å². The van der Waals surface area contributed by atoms with E-state index in [1.165, 1.54) is 0 Å². The van der Waals surface area contributed by atoms with E-state index in [9.17, 15) is 9.22 Å². The van der Waals surface area contributed by atoms with E-state index in [0.717, 1.165) is 39.1 Å². The zero-order valence-corrected chi connectivity index (χ0v) is 43.1. The standard InChI is InChI=1S/C60H60BN4O2.Pt/c1-57(2,3)41-26-27-50(44(33-41)38-22-17-14-18-23-38)64-51-36-43-24-19-25-52-65(43)61(55(51)63-56(64)45-34-42(58(4,5)6)35-46(53(45)66)59(7,8)9)48-31-40(30-47(54(48)67-52)60(10,11)12)49-32-39(28-29-62-49)37-20-15-13-16-21-37;/h13-30,32-36,66H,1-12H3;/q-1;/i14D,17D,18D,22D,23D,36D;. The zero-order valence-electron chi connectivity index (χ0n) is 46.9. The topological polar surface area (TPSA) is 63.4 Å². The molecule has 0 saturated heterocycles. The summed E-state index contributed by atoms with van der Waals surface area (Å²) in [7, 11) is 0. The number of hydrogen-bond acceptors (Lipinski definition) is 5. The number of rotatable bonds is 5. The zero-order chi connectivity index (χ0) is 52.6. The Kier molecular flexibility index (Phi) is 9.83. The minimum absolute atomic E-state index is 0. The number of phenols is 1. The van der Waals surface area contributed by atoms with Crippen LogP contribution in [-0.2, 0) is 42.7 Å². The fourth-order valence-corrected chi connectivity index (χ4v) is 9.30. The molecule has 0 atom stereocenters. The van der Waals surface area contributed by atoms with Gasteiger partial charge in [-0.1, -0.05) is 179 Å². The van der Waals surface area contributed by atoms with Crippen molar-refractivity contribution in [2.45, 2.75) is 105 Å². The molecule has 3 aliphatic rings. The van der Waals surface area contributed by atoms with Crippen LogP contribution in [0.1, 0.15) is 119 Å². The van der Waals surface area contributed by atoms with Crippen molar-refractivity contribution in [2.24, 2.45) is 0 Å². The summed E-state index contributed by atoms with van der Waals surface area (Å²) in [5.74, 6) is 1.47. The predicted molar refractivity (Wildman–Crippen MR) is 278 cm³/mol. The van der Waals surface area contributed by atoms with Crippen LogP contribution in [0.4, 0.5) is 0 Å². The first-order valence-electron chi connectivity index (χ1n) is 26.1. The minimum atomic E-state index is -0.731. The summed E-state index contributed by atoms with van der Waals surface area (Å²) >= 11 is 0. The van der Waals surface area contributed by atoms with Crippen LogP contribution < -0.4 is 15.8 Å². The van der Waals surface area contributed by atoms with Crippen LogP contribution in [0.3, 0.4) is 0 Å². The molecule has 2 aromatic heterocycles. The Bertz CT molecular complexity index is 3550. The number of aromatic nitrogens is 3. The van der Waals surface area contributed by atoms with Gasteiger partial charge in [0.15, 0.2) is 5.88 Å². The van der Waals surface area contributed by atoms with Crippen molar-refractivity contribution in [3.63, 3.8) is 0 Å². The number of pyridine rings is 1. The van der Waals surface area contributed by atoms with Gasteiger partial charge in [0, 0.05) is 49.8 Å².